The maximum absolute atomic E-state index is 10.4. The molecule has 0 aliphatic carbocycles. The molecule has 0 unspecified atom stereocenters. The largest absolute Gasteiger partial charge is 0.481 e. The summed E-state index contributed by atoms with van der Waals surface area (Å²) >= 11 is 0. The molecule has 0 saturated carbocycles. The Morgan fingerprint density at radius 2 is 1.62 bits per heavy atom. The van der Waals surface area contributed by atoms with Crippen molar-refractivity contribution in [2.75, 3.05) is 0 Å². The highest BCUT2D eigenvalue weighted by Gasteiger charge is 2.24. The zero-order valence-corrected chi connectivity index (χ0v) is 7.82. The van der Waals surface area contributed by atoms with E-state index in [1.54, 1.807) is 0 Å². The zero-order chi connectivity index (χ0) is 10.3. The van der Waals surface area contributed by atoms with Crippen molar-refractivity contribution in [1.29, 1.82) is 0 Å². The van der Waals surface area contributed by atoms with E-state index in [2.05, 4.69) is 0 Å². The third-order valence-electron chi connectivity index (χ3n) is 1.94. The highest BCUT2D eigenvalue weighted by molar-refractivity contribution is 5.92. The average molecular weight is 189 g/mol. The van der Waals surface area contributed by atoms with E-state index < -0.39 is 17.9 Å². The smallest absolute Gasteiger partial charge is 0.317 e. The van der Waals surface area contributed by atoms with Crippen LogP contribution in [-0.4, -0.2) is 22.2 Å². The molecule has 0 spiro atoms. The van der Waals surface area contributed by atoms with Crippen molar-refractivity contribution in [3.05, 3.63) is 0 Å². The first-order valence-corrected chi connectivity index (χ1v) is 4.55. The molecule has 0 bridgehead atoms. The van der Waals surface area contributed by atoms with Gasteiger partial charge < -0.3 is 10.2 Å². The van der Waals surface area contributed by atoms with Gasteiger partial charge in [0.15, 0.2) is 5.92 Å². The lowest BCUT2D eigenvalue weighted by atomic mass is 10.2. The first-order valence-electron chi connectivity index (χ1n) is 4.55. The van der Waals surface area contributed by atoms with Gasteiger partial charge in [-0.1, -0.05) is 32.6 Å². The van der Waals surface area contributed by atoms with Gasteiger partial charge in [-0.05, 0) is 6.42 Å². The summed E-state index contributed by atoms with van der Waals surface area (Å²) in [5.41, 5.74) is 0. The van der Waals surface area contributed by atoms with Crippen molar-refractivity contribution in [1.82, 2.24) is 0 Å². The third-order valence-corrected chi connectivity index (χ3v) is 1.94. The van der Waals surface area contributed by atoms with Gasteiger partial charge in [0.1, 0.15) is 0 Å². The summed E-state index contributed by atoms with van der Waals surface area (Å²) < 4.78 is 0. The molecule has 0 atom stereocenters. The number of unbranched alkanes of at least 4 members (excludes halogenated alkanes) is 3. The van der Waals surface area contributed by atoms with Crippen LogP contribution in [0.3, 0.4) is 0 Å². The van der Waals surface area contributed by atoms with Crippen molar-refractivity contribution >= 4 is 11.9 Å². The number of rotatable bonds is 7. The Morgan fingerprint density at radius 1 is 1.08 bits per heavy atom. The van der Waals surface area contributed by atoms with Crippen LogP contribution < -0.4 is 0 Å². The van der Waals surface area contributed by atoms with Gasteiger partial charge >= 0.3 is 11.9 Å². The molecule has 0 radical (unpaired) electrons. The molecule has 0 rings (SSSR count). The summed E-state index contributed by atoms with van der Waals surface area (Å²) in [7, 11) is 0. The summed E-state index contributed by atoms with van der Waals surface area (Å²) in [5.74, 6) is -3.69. The molecule has 0 aromatic carbocycles. The Labute approximate surface area is 77.6 Å². The van der Waals surface area contributed by atoms with Crippen LogP contribution in [0.5, 0.6) is 0 Å². The van der Waals surface area contributed by atoms with Crippen LogP contribution >= 0.6 is 0 Å². The van der Waals surface area contributed by atoms with Gasteiger partial charge in [-0.2, -0.15) is 0 Å². The monoisotopic (exact) mass is 189 g/mol. The van der Waals surface area contributed by atoms with Crippen LogP contribution in [-0.2, 0) is 9.59 Å². The summed E-state index contributed by atoms with van der Waals surface area (Å²) in [6, 6.07) is 0. The molecule has 0 aliphatic heterocycles. The molecule has 0 aliphatic rings. The molecule has 0 saturated heterocycles. The number of aliphatic carboxylic acids is 2. The topological polar surface area (TPSA) is 74.6 Å². The standard InChI is InChI=1S/C9H16O4/c1-2-3-4-5-6-7(8(10)11)9(12)13/h7H,2-6H2,1H3,(H,10,11)(H,12,13)/i6+1. The van der Waals surface area contributed by atoms with Crippen LogP contribution in [0.25, 0.3) is 0 Å². The van der Waals surface area contributed by atoms with Crippen LogP contribution in [0.2, 0.25) is 0 Å². The molecule has 0 aromatic rings. The number of hydrogen-bond donors (Lipinski definition) is 2. The maximum atomic E-state index is 10.4. The average Bonchev–Trinajstić information content (AvgIpc) is 2.02. The first-order chi connectivity index (χ1) is 6.09. The minimum Gasteiger partial charge on any atom is -0.481 e. The van der Waals surface area contributed by atoms with Gasteiger partial charge in [-0.25, -0.2) is 0 Å². The van der Waals surface area contributed by atoms with Crippen molar-refractivity contribution in [2.24, 2.45) is 5.92 Å². The minimum atomic E-state index is -1.23. The Kier molecular flexibility index (Phi) is 5.93. The third kappa shape index (κ3) is 5.22. The van der Waals surface area contributed by atoms with E-state index in [1.165, 1.54) is 0 Å². The lowest BCUT2D eigenvalue weighted by Gasteiger charge is -2.05. The number of carboxylic acid groups (broad SMARTS) is 2. The Hall–Kier alpha value is -1.06. The number of carboxylic acids is 2. The summed E-state index contributed by atoms with van der Waals surface area (Å²) in [5, 5.41) is 17.0. The van der Waals surface area contributed by atoms with E-state index in [0.29, 0.717) is 6.42 Å². The highest BCUT2D eigenvalue weighted by Crippen LogP contribution is 2.11. The van der Waals surface area contributed by atoms with Gasteiger partial charge in [0.05, 0.1) is 0 Å². The fraction of sp³-hybridized carbons (Fsp3) is 0.778. The van der Waals surface area contributed by atoms with Crippen LogP contribution in [0.15, 0.2) is 0 Å². The lowest BCUT2D eigenvalue weighted by Crippen LogP contribution is -2.23. The quantitative estimate of drug-likeness (QED) is 0.363. The second kappa shape index (κ2) is 6.46. The highest BCUT2D eigenvalue weighted by atomic mass is 16.4. The Balaban J connectivity index is 3.71. The van der Waals surface area contributed by atoms with E-state index in [4.69, 9.17) is 10.2 Å². The second-order valence-electron chi connectivity index (χ2n) is 3.08. The molecule has 2 N–H and O–H groups in total. The van der Waals surface area contributed by atoms with E-state index >= 15 is 0 Å². The second-order valence-corrected chi connectivity index (χ2v) is 3.08. The van der Waals surface area contributed by atoms with E-state index in [1.807, 2.05) is 6.92 Å². The van der Waals surface area contributed by atoms with Gasteiger partial charge in [-0.3, -0.25) is 9.59 Å². The van der Waals surface area contributed by atoms with Crippen LogP contribution in [0.4, 0.5) is 0 Å². The van der Waals surface area contributed by atoms with Gasteiger partial charge in [0.25, 0.3) is 0 Å². The van der Waals surface area contributed by atoms with E-state index in [0.717, 1.165) is 19.3 Å². The summed E-state index contributed by atoms with van der Waals surface area (Å²) in [6.07, 6.45) is 3.92. The molecule has 13 heavy (non-hydrogen) atoms. The Bertz CT molecular complexity index is 162. The minimum absolute atomic E-state index is 0.241. The van der Waals surface area contributed by atoms with Gasteiger partial charge in [0, 0.05) is 0 Å². The fourth-order valence-electron chi connectivity index (χ4n) is 1.13. The summed E-state index contributed by atoms with van der Waals surface area (Å²) in [6.45, 7) is 2.05. The van der Waals surface area contributed by atoms with Gasteiger partial charge in [-0.15, -0.1) is 0 Å². The molecular weight excluding hydrogens is 173 g/mol. The van der Waals surface area contributed by atoms with E-state index in [-0.39, 0.29) is 6.42 Å². The normalized spacial score (nSPS) is 10.3. The predicted octanol–water partition coefficient (Wildman–Crippen LogP) is 1.74. The maximum Gasteiger partial charge on any atom is 0.317 e. The van der Waals surface area contributed by atoms with Crippen LogP contribution in [0.1, 0.15) is 39.0 Å². The molecule has 76 valence electrons. The van der Waals surface area contributed by atoms with Crippen molar-refractivity contribution < 1.29 is 19.8 Å². The Morgan fingerprint density at radius 3 is 2.00 bits per heavy atom. The van der Waals surface area contributed by atoms with Crippen molar-refractivity contribution in [3.8, 4) is 0 Å². The first kappa shape index (κ1) is 11.9. The zero-order valence-electron chi connectivity index (χ0n) is 7.82. The molecule has 0 heterocycles. The summed E-state index contributed by atoms with van der Waals surface area (Å²) in [4.78, 5) is 20.8. The molecular formula is C9H16O4. The van der Waals surface area contributed by atoms with Crippen molar-refractivity contribution in [2.45, 2.75) is 39.0 Å². The number of carbonyl (C=O) groups is 2. The lowest BCUT2D eigenvalue weighted by molar-refractivity contribution is -0.154. The molecule has 4 heteroatoms. The van der Waals surface area contributed by atoms with Crippen LogP contribution in [0, 0.1) is 5.92 Å². The molecule has 0 fully saturated rings. The van der Waals surface area contributed by atoms with E-state index in [9.17, 15) is 9.59 Å². The fourth-order valence-corrected chi connectivity index (χ4v) is 1.13. The van der Waals surface area contributed by atoms with Gasteiger partial charge in [0.2, 0.25) is 0 Å². The number of hydrogen-bond acceptors (Lipinski definition) is 2. The predicted molar refractivity (Wildman–Crippen MR) is 47.5 cm³/mol. The van der Waals surface area contributed by atoms with Crippen molar-refractivity contribution in [3.63, 3.8) is 0 Å². The molecule has 4 nitrogen and oxygen atoms in total. The molecule has 0 aromatic heterocycles. The molecule has 0 amide bonds. The SMILES string of the molecule is CCCCC[13CH2]C(C(=O)O)C(=O)O.